The van der Waals surface area contributed by atoms with Crippen LogP contribution in [0.1, 0.15) is 6.42 Å². The molecule has 0 aromatic heterocycles. The normalized spacial score (nSPS) is 16.5. The van der Waals surface area contributed by atoms with Crippen molar-refractivity contribution in [3.8, 4) is 0 Å². The average molecular weight is 173 g/mol. The summed E-state index contributed by atoms with van der Waals surface area (Å²) in [4.78, 5) is 0. The Morgan fingerprint density at radius 1 is 1.50 bits per heavy atom. The van der Waals surface area contributed by atoms with Gasteiger partial charge in [-0.25, -0.2) is 0 Å². The minimum atomic E-state index is -4.05. The van der Waals surface area contributed by atoms with E-state index in [1.807, 2.05) is 0 Å². The van der Waals surface area contributed by atoms with Crippen molar-refractivity contribution < 1.29 is 13.2 Å². The molecule has 0 fully saturated rings. The fraction of sp³-hybridized carbons (Fsp3) is 1.00. The van der Waals surface area contributed by atoms with Crippen molar-refractivity contribution in [3.05, 3.63) is 0 Å². The highest BCUT2D eigenvalue weighted by molar-refractivity contribution is 7.38. The third-order valence-electron chi connectivity index (χ3n) is 1.20. The fourth-order valence-corrected chi connectivity index (χ4v) is 1.42. The van der Waals surface area contributed by atoms with E-state index in [4.69, 9.17) is 5.73 Å². The van der Waals surface area contributed by atoms with Crippen LogP contribution in [0.5, 0.6) is 0 Å². The van der Waals surface area contributed by atoms with Crippen LogP contribution in [-0.2, 0) is 0 Å². The molecule has 0 heterocycles. The highest BCUT2D eigenvalue weighted by Crippen LogP contribution is 2.34. The zero-order chi connectivity index (χ0) is 8.20. The van der Waals surface area contributed by atoms with Crippen molar-refractivity contribution in [2.45, 2.75) is 18.3 Å². The quantitative estimate of drug-likeness (QED) is 0.644. The van der Waals surface area contributed by atoms with Crippen LogP contribution >= 0.6 is 8.58 Å². The van der Waals surface area contributed by atoms with E-state index in [0.29, 0.717) is 0 Å². The second kappa shape index (κ2) is 4.14. The molecule has 0 saturated heterocycles. The Labute approximate surface area is 60.0 Å². The van der Waals surface area contributed by atoms with E-state index < -0.39 is 11.8 Å². The predicted octanol–water partition coefficient (Wildman–Crippen LogP) is 1.57. The van der Waals surface area contributed by atoms with Crippen LogP contribution in [0.15, 0.2) is 0 Å². The van der Waals surface area contributed by atoms with E-state index in [9.17, 15) is 13.2 Å². The molecule has 0 saturated carbocycles. The van der Waals surface area contributed by atoms with Gasteiger partial charge in [-0.05, 0) is 19.6 Å². The summed E-state index contributed by atoms with van der Waals surface area (Å²) in [5, 5.41) is 0. The number of hydrogen-bond acceptors (Lipinski definition) is 1. The van der Waals surface area contributed by atoms with E-state index in [1.165, 1.54) is 0 Å². The zero-order valence-corrected chi connectivity index (χ0v) is 6.70. The highest BCUT2D eigenvalue weighted by atomic mass is 31.1. The second-order valence-electron chi connectivity index (χ2n) is 1.96. The summed E-state index contributed by atoms with van der Waals surface area (Å²) >= 11 is 0. The second-order valence-corrected chi connectivity index (χ2v) is 3.23. The maximum Gasteiger partial charge on any atom is 0.395 e. The van der Waals surface area contributed by atoms with Crippen LogP contribution < -0.4 is 5.73 Å². The third-order valence-corrected chi connectivity index (χ3v) is 2.51. The Bertz CT molecular complexity index is 93.4. The van der Waals surface area contributed by atoms with Crippen molar-refractivity contribution in [1.29, 1.82) is 0 Å². The molecular formula is C5H11F3NP. The lowest BCUT2D eigenvalue weighted by Gasteiger charge is -2.16. The van der Waals surface area contributed by atoms with Gasteiger partial charge in [-0.3, -0.25) is 0 Å². The lowest BCUT2D eigenvalue weighted by Crippen LogP contribution is -2.26. The molecule has 0 spiro atoms. The summed E-state index contributed by atoms with van der Waals surface area (Å²) < 4.78 is 35.6. The molecule has 10 heavy (non-hydrogen) atoms. The summed E-state index contributed by atoms with van der Waals surface area (Å²) in [5.74, 6) is 0. The van der Waals surface area contributed by atoms with Gasteiger partial charge in [0.2, 0.25) is 0 Å². The van der Waals surface area contributed by atoms with Gasteiger partial charge in [-0.15, -0.1) is 8.58 Å². The highest BCUT2D eigenvalue weighted by Gasteiger charge is 2.37. The predicted molar refractivity (Wildman–Crippen MR) is 37.8 cm³/mol. The van der Waals surface area contributed by atoms with Crippen molar-refractivity contribution >= 4 is 8.58 Å². The standard InChI is InChI=1S/C5H11F3NP/c1-10-4(2-3-9)5(6,7)8/h4,10H,2-3,9H2,1H3. The van der Waals surface area contributed by atoms with Crippen LogP contribution in [-0.4, -0.2) is 25.0 Å². The van der Waals surface area contributed by atoms with Gasteiger partial charge in [0, 0.05) is 0 Å². The monoisotopic (exact) mass is 173 g/mol. The van der Waals surface area contributed by atoms with Crippen molar-refractivity contribution in [2.24, 2.45) is 5.73 Å². The van der Waals surface area contributed by atoms with Gasteiger partial charge >= 0.3 is 6.18 Å². The summed E-state index contributed by atoms with van der Waals surface area (Å²) in [6.07, 6.45) is -4.00. The maximum absolute atomic E-state index is 11.9. The molecule has 2 N–H and O–H groups in total. The van der Waals surface area contributed by atoms with Gasteiger partial charge in [-0.1, -0.05) is 0 Å². The molecular weight excluding hydrogens is 162 g/mol. The van der Waals surface area contributed by atoms with E-state index in [-0.39, 0.29) is 21.5 Å². The van der Waals surface area contributed by atoms with E-state index in [0.717, 1.165) is 0 Å². The molecule has 0 bridgehead atoms. The molecule has 2 unspecified atom stereocenters. The Morgan fingerprint density at radius 2 is 2.00 bits per heavy atom. The van der Waals surface area contributed by atoms with Gasteiger partial charge in [0.05, 0.1) is 5.66 Å². The first-order chi connectivity index (χ1) is 4.52. The molecule has 1 nitrogen and oxygen atoms in total. The largest absolute Gasteiger partial charge is 0.395 e. The van der Waals surface area contributed by atoms with Gasteiger partial charge in [0.1, 0.15) is 0 Å². The number of hydrogen-bond donors (Lipinski definition) is 1. The molecule has 0 radical (unpaired) electrons. The van der Waals surface area contributed by atoms with Crippen LogP contribution in [0.4, 0.5) is 13.2 Å². The molecule has 5 heteroatoms. The van der Waals surface area contributed by atoms with Crippen molar-refractivity contribution in [3.63, 3.8) is 0 Å². The Kier molecular flexibility index (Phi) is 4.22. The summed E-state index contributed by atoms with van der Waals surface area (Å²) in [7, 11) is -0.0979. The number of nitrogens with two attached hydrogens (primary N) is 1. The molecule has 0 aromatic carbocycles. The van der Waals surface area contributed by atoms with Gasteiger partial charge in [0.25, 0.3) is 0 Å². The first-order valence-corrected chi connectivity index (χ1v) is 4.54. The van der Waals surface area contributed by atoms with E-state index in [2.05, 4.69) is 0 Å². The number of rotatable bonds is 3. The molecule has 0 aliphatic rings. The number of halogens is 3. The first-order valence-electron chi connectivity index (χ1n) is 2.96. The van der Waals surface area contributed by atoms with Crippen LogP contribution in [0.3, 0.4) is 0 Å². The maximum atomic E-state index is 11.9. The molecule has 0 aromatic rings. The van der Waals surface area contributed by atoms with Gasteiger partial charge in [-0.2, -0.15) is 13.2 Å². The molecule has 0 aliphatic carbocycles. The summed E-state index contributed by atoms with van der Waals surface area (Å²) in [6, 6.07) is 0. The molecule has 0 rings (SSSR count). The average Bonchev–Trinajstić information content (AvgIpc) is 1.80. The molecule has 0 amide bonds. The van der Waals surface area contributed by atoms with Crippen molar-refractivity contribution in [1.82, 2.24) is 0 Å². The molecule has 2 atom stereocenters. The lowest BCUT2D eigenvalue weighted by atomic mass is 10.3. The Morgan fingerprint density at radius 3 is 2.10 bits per heavy atom. The lowest BCUT2D eigenvalue weighted by molar-refractivity contribution is -0.130. The van der Waals surface area contributed by atoms with Crippen LogP contribution in [0.25, 0.3) is 0 Å². The van der Waals surface area contributed by atoms with Gasteiger partial charge in [0.15, 0.2) is 0 Å². The van der Waals surface area contributed by atoms with Crippen molar-refractivity contribution in [2.75, 3.05) is 13.2 Å². The topological polar surface area (TPSA) is 26.0 Å². The Hall–Kier alpha value is 0.180. The minimum absolute atomic E-state index is 0.0540. The van der Waals surface area contributed by atoms with Gasteiger partial charge < -0.3 is 5.73 Å². The minimum Gasteiger partial charge on any atom is -0.330 e. The first kappa shape index (κ1) is 10.2. The third kappa shape index (κ3) is 3.37. The van der Waals surface area contributed by atoms with Crippen LogP contribution in [0, 0.1) is 0 Å². The van der Waals surface area contributed by atoms with E-state index in [1.54, 1.807) is 6.66 Å². The van der Waals surface area contributed by atoms with E-state index >= 15 is 0 Å². The van der Waals surface area contributed by atoms with Crippen LogP contribution in [0.2, 0.25) is 0 Å². The smallest absolute Gasteiger partial charge is 0.330 e. The molecule has 0 aliphatic heterocycles. The SMILES string of the molecule is CPC(CCN)C(F)(F)F. The fourth-order valence-electron chi connectivity index (χ4n) is 0.638. The number of alkyl halides is 3. The summed E-state index contributed by atoms with van der Waals surface area (Å²) in [6.45, 7) is 1.67. The summed E-state index contributed by atoms with van der Waals surface area (Å²) in [5.41, 5.74) is 3.82. The Balaban J connectivity index is 3.81. The molecule has 62 valence electrons. The zero-order valence-electron chi connectivity index (χ0n) is 5.70.